The molecule has 1 aromatic heterocycles. The molecule has 0 saturated carbocycles. The Balaban J connectivity index is 1.96. The van der Waals surface area contributed by atoms with E-state index in [4.69, 9.17) is 15.8 Å². The van der Waals surface area contributed by atoms with Crippen LogP contribution in [0.4, 0.5) is 10.7 Å². The summed E-state index contributed by atoms with van der Waals surface area (Å²) in [6.45, 7) is 5.67. The van der Waals surface area contributed by atoms with Crippen molar-refractivity contribution in [2.75, 3.05) is 23.9 Å². The van der Waals surface area contributed by atoms with Gasteiger partial charge in [-0.1, -0.05) is 11.3 Å². The van der Waals surface area contributed by atoms with Crippen molar-refractivity contribution in [3.63, 3.8) is 0 Å². The van der Waals surface area contributed by atoms with Crippen molar-refractivity contribution in [2.45, 2.75) is 19.1 Å². The lowest BCUT2D eigenvalue weighted by atomic mass is 10.2. The summed E-state index contributed by atoms with van der Waals surface area (Å²) in [5.74, 6) is 1.30. The first-order valence-electron chi connectivity index (χ1n) is 7.52. The highest BCUT2D eigenvalue weighted by Gasteiger charge is 2.22. The van der Waals surface area contributed by atoms with Gasteiger partial charge >= 0.3 is 5.00 Å². The van der Waals surface area contributed by atoms with Gasteiger partial charge in [-0.25, -0.2) is 0 Å². The lowest BCUT2D eigenvalue weighted by Gasteiger charge is -2.22. The fourth-order valence-corrected chi connectivity index (χ4v) is 3.98. The number of anilines is 1. The lowest BCUT2D eigenvalue weighted by molar-refractivity contribution is -0.380. The van der Waals surface area contributed by atoms with Gasteiger partial charge in [0.15, 0.2) is 0 Å². The summed E-state index contributed by atoms with van der Waals surface area (Å²) in [6.07, 6.45) is 0. The van der Waals surface area contributed by atoms with Crippen molar-refractivity contribution in [3.8, 4) is 5.75 Å². The summed E-state index contributed by atoms with van der Waals surface area (Å²) in [5, 5.41) is 12.8. The van der Waals surface area contributed by atoms with E-state index in [0.717, 1.165) is 35.9 Å². The van der Waals surface area contributed by atoms with Crippen LogP contribution >= 0.6 is 35.0 Å². The minimum Gasteiger partial charge on any atom is -0.425 e. The van der Waals surface area contributed by atoms with E-state index < -0.39 is 0 Å². The third kappa shape index (κ3) is 4.78. The third-order valence-corrected chi connectivity index (χ3v) is 5.39. The van der Waals surface area contributed by atoms with Gasteiger partial charge in [0.05, 0.1) is 27.8 Å². The number of halogens is 1. The fourth-order valence-electron chi connectivity index (χ4n) is 2.23. The van der Waals surface area contributed by atoms with Crippen LogP contribution in [0.3, 0.4) is 0 Å². The Hall–Kier alpha value is -1.44. The van der Waals surface area contributed by atoms with E-state index in [1.165, 1.54) is 12.0 Å². The first kappa shape index (κ1) is 18.9. The van der Waals surface area contributed by atoms with E-state index in [-0.39, 0.29) is 15.2 Å². The molecule has 8 heteroatoms. The van der Waals surface area contributed by atoms with E-state index in [0.29, 0.717) is 11.4 Å². The van der Waals surface area contributed by atoms with Crippen LogP contribution in [0.15, 0.2) is 35.7 Å². The summed E-state index contributed by atoms with van der Waals surface area (Å²) in [6, 6.07) is 9.55. The molecule has 0 spiro atoms. The highest BCUT2D eigenvalue weighted by Crippen LogP contribution is 2.38. The molecule has 1 heterocycles. The molecule has 0 fully saturated rings. The zero-order valence-corrected chi connectivity index (χ0v) is 15.9. The van der Waals surface area contributed by atoms with Crippen molar-refractivity contribution in [3.05, 3.63) is 51.4 Å². The summed E-state index contributed by atoms with van der Waals surface area (Å²) < 4.78 is 5.71. The Labute approximate surface area is 154 Å². The topological polar surface area (TPSA) is 55.6 Å². The predicted octanol–water partition coefficient (Wildman–Crippen LogP) is 5.51. The van der Waals surface area contributed by atoms with Crippen LogP contribution in [0, 0.1) is 10.1 Å². The molecule has 1 aromatic carbocycles. The molecule has 0 aliphatic carbocycles. The Morgan fingerprint density at radius 3 is 2.67 bits per heavy atom. The molecular formula is C16H19ClN2O3S2. The number of nitrogens with zero attached hydrogens (tertiary/aromatic N) is 2. The molecule has 1 atom stereocenters. The molecule has 24 heavy (non-hydrogen) atoms. The Kier molecular flexibility index (Phi) is 7.20. The fraction of sp³-hybridized carbons (Fsp3) is 0.375. The Morgan fingerprint density at radius 1 is 1.38 bits per heavy atom. The molecule has 5 nitrogen and oxygen atoms in total. The average molecular weight is 387 g/mol. The van der Waals surface area contributed by atoms with Crippen LogP contribution in [0.1, 0.15) is 24.7 Å². The number of hydrogen-bond acceptors (Lipinski definition) is 6. The van der Waals surface area contributed by atoms with Gasteiger partial charge in [-0.2, -0.15) is 0 Å². The number of nitro groups is 1. The van der Waals surface area contributed by atoms with Gasteiger partial charge in [-0.3, -0.25) is 10.1 Å². The maximum atomic E-state index is 11.0. The van der Waals surface area contributed by atoms with Crippen LogP contribution in [0.5, 0.6) is 5.75 Å². The molecule has 0 aliphatic rings. The summed E-state index contributed by atoms with van der Waals surface area (Å²) in [5.41, 5.74) is 1.78. The van der Waals surface area contributed by atoms with Gasteiger partial charge < -0.3 is 9.08 Å². The number of hydrogen-bond donors (Lipinski definition) is 0. The monoisotopic (exact) mass is 386 g/mol. The first-order valence-corrected chi connectivity index (χ1v) is 9.74. The molecule has 0 N–H and O–H groups in total. The van der Waals surface area contributed by atoms with Gasteiger partial charge in [-0.15, -0.1) is 11.6 Å². The Morgan fingerprint density at radius 2 is 2.08 bits per heavy atom. The first-order chi connectivity index (χ1) is 11.6. The van der Waals surface area contributed by atoms with Crippen molar-refractivity contribution in [2.24, 2.45) is 0 Å². The standard InChI is InChI=1S/C16H19ClN2O3S2/c1-3-18(10-9-17)13-4-6-14(7-5-13)22-24-12(2)15-8-11-23-16(15)19(20)21/h4-8,11-12H,3,9-10H2,1-2H3. The highest BCUT2D eigenvalue weighted by atomic mass is 35.5. The van der Waals surface area contributed by atoms with Gasteiger partial charge in [0.1, 0.15) is 5.75 Å². The number of rotatable bonds is 9. The van der Waals surface area contributed by atoms with Crippen molar-refractivity contribution >= 4 is 45.7 Å². The molecular weight excluding hydrogens is 368 g/mol. The second-order valence-electron chi connectivity index (χ2n) is 5.02. The van der Waals surface area contributed by atoms with E-state index in [1.807, 2.05) is 31.2 Å². The molecule has 0 amide bonds. The van der Waals surface area contributed by atoms with Crippen molar-refractivity contribution in [1.29, 1.82) is 0 Å². The quantitative estimate of drug-likeness (QED) is 0.246. The van der Waals surface area contributed by atoms with Crippen LogP contribution in [-0.4, -0.2) is 23.9 Å². The summed E-state index contributed by atoms with van der Waals surface area (Å²) >= 11 is 8.16. The lowest BCUT2D eigenvalue weighted by Crippen LogP contribution is -2.24. The average Bonchev–Trinajstić information content (AvgIpc) is 3.08. The highest BCUT2D eigenvalue weighted by molar-refractivity contribution is 7.95. The van der Waals surface area contributed by atoms with Gasteiger partial charge in [0, 0.05) is 24.7 Å². The zero-order chi connectivity index (χ0) is 17.5. The molecule has 0 aliphatic heterocycles. The largest absolute Gasteiger partial charge is 0.425 e. The molecule has 0 radical (unpaired) electrons. The number of benzene rings is 1. The van der Waals surface area contributed by atoms with Crippen LogP contribution in [0.25, 0.3) is 0 Å². The van der Waals surface area contributed by atoms with Gasteiger partial charge in [-0.05, 0) is 49.6 Å². The van der Waals surface area contributed by atoms with Crippen LogP contribution in [0.2, 0.25) is 0 Å². The van der Waals surface area contributed by atoms with Gasteiger partial charge in [0.25, 0.3) is 0 Å². The molecule has 2 rings (SSSR count). The van der Waals surface area contributed by atoms with E-state index in [9.17, 15) is 10.1 Å². The minimum atomic E-state index is -0.345. The third-order valence-electron chi connectivity index (χ3n) is 3.50. The van der Waals surface area contributed by atoms with E-state index >= 15 is 0 Å². The second-order valence-corrected chi connectivity index (χ2v) is 7.36. The van der Waals surface area contributed by atoms with Crippen molar-refractivity contribution < 1.29 is 9.11 Å². The number of thiophene rings is 1. The van der Waals surface area contributed by atoms with E-state index in [1.54, 1.807) is 11.4 Å². The normalized spacial score (nSPS) is 12.0. The number of alkyl halides is 1. The maximum Gasteiger partial charge on any atom is 0.328 e. The molecule has 130 valence electrons. The SMILES string of the molecule is CCN(CCCl)c1ccc(OSC(C)c2ccsc2[N+](=O)[O-])cc1. The van der Waals surface area contributed by atoms with Crippen LogP contribution in [-0.2, 0) is 0 Å². The Bertz CT molecular complexity index is 664. The molecule has 0 saturated heterocycles. The second kappa shape index (κ2) is 9.15. The predicted molar refractivity (Wildman–Crippen MR) is 103 cm³/mol. The summed E-state index contributed by atoms with van der Waals surface area (Å²) in [7, 11) is 0. The maximum absolute atomic E-state index is 11.0. The molecule has 1 unspecified atom stereocenters. The molecule has 0 bridgehead atoms. The zero-order valence-electron chi connectivity index (χ0n) is 13.5. The minimum absolute atomic E-state index is 0.125. The van der Waals surface area contributed by atoms with Gasteiger partial charge in [0.2, 0.25) is 0 Å². The summed E-state index contributed by atoms with van der Waals surface area (Å²) in [4.78, 5) is 12.8. The van der Waals surface area contributed by atoms with Crippen molar-refractivity contribution in [1.82, 2.24) is 0 Å². The smallest absolute Gasteiger partial charge is 0.328 e. The molecule has 2 aromatic rings. The van der Waals surface area contributed by atoms with E-state index in [2.05, 4.69) is 11.8 Å². The van der Waals surface area contributed by atoms with Crippen LogP contribution < -0.4 is 9.08 Å².